The highest BCUT2D eigenvalue weighted by molar-refractivity contribution is 7.21. The topological polar surface area (TPSA) is 35.9 Å². The summed E-state index contributed by atoms with van der Waals surface area (Å²) < 4.78 is 13.8. The molecule has 5 heterocycles. The highest BCUT2D eigenvalue weighted by atomic mass is 28.3. The average Bonchev–Trinajstić information content (AvgIpc) is 1.46. The summed E-state index contributed by atoms with van der Waals surface area (Å²) in [6.45, 7) is 6.74. The molecule has 0 saturated heterocycles. The van der Waals surface area contributed by atoms with Gasteiger partial charge in [0.15, 0.2) is 8.07 Å². The maximum Gasteiger partial charge on any atom is 0.269 e. The standard InChI is InChI=1S/C82H58N4OSi/c1-82(2,3)55-47-48-83-79(50-55)86-74-41-16-13-35-68(74)69-46-45-58(52-76(69)86)87-57-25-20-24-56(51-57)84-53-85-80-61(38-21-39-72(80)66-33-11-7-29-62(66)63-30-8-12-34-67(63)73-40-22-42-75(84)81(73)85)54-23-19-28-60(49-54)88(59-26-5-4-6-27-59)77-43-17-14-36-70(77)64-31-9-10-32-65(64)71-37-15-18-44-78(71)88/h4-52H,1-3H3. The summed E-state index contributed by atoms with van der Waals surface area (Å²) in [6.07, 6.45) is 6.00. The van der Waals surface area contributed by atoms with Crippen LogP contribution in [0.4, 0.5) is 0 Å². The highest BCUT2D eigenvalue weighted by Gasteiger charge is 2.46. The second-order valence-electron chi connectivity index (χ2n) is 24.4. The monoisotopic (exact) mass is 1140 g/mol. The number of nitrogens with zero attached hydrogens (tertiary/aromatic N) is 4. The lowest BCUT2D eigenvalue weighted by Gasteiger charge is -2.36. The molecule has 0 atom stereocenters. The quantitative estimate of drug-likeness (QED) is 0.0906. The van der Waals surface area contributed by atoms with Crippen molar-refractivity contribution in [3.63, 3.8) is 0 Å². The normalized spacial score (nSPS) is 12.8. The number of rotatable bonds is 7. The van der Waals surface area contributed by atoms with E-state index in [1.165, 1.54) is 65.1 Å². The van der Waals surface area contributed by atoms with Crippen LogP contribution < -0.4 is 30.1 Å². The number of hydrogen-bond donors (Lipinski definition) is 0. The second-order valence-corrected chi connectivity index (χ2v) is 28.1. The van der Waals surface area contributed by atoms with Crippen molar-refractivity contribution in [3.05, 3.63) is 309 Å². The largest absolute Gasteiger partial charge is 0.458 e. The first-order valence-corrected chi connectivity index (χ1v) is 32.3. The lowest BCUT2D eigenvalue weighted by molar-refractivity contribution is -0.570. The summed E-state index contributed by atoms with van der Waals surface area (Å²) in [6, 6.07) is 108. The van der Waals surface area contributed by atoms with Gasteiger partial charge in [-0.3, -0.25) is 13.7 Å². The smallest absolute Gasteiger partial charge is 0.269 e. The van der Waals surface area contributed by atoms with Gasteiger partial charge >= 0.3 is 0 Å². The molecule has 0 aliphatic carbocycles. The summed E-state index contributed by atoms with van der Waals surface area (Å²) in [5.74, 6) is 2.32. The summed E-state index contributed by atoms with van der Waals surface area (Å²) in [4.78, 5) is 4.95. The van der Waals surface area contributed by atoms with Crippen LogP contribution in [0.1, 0.15) is 26.3 Å². The molecule has 2 aliphatic rings. The number of hydrogen-bond acceptors (Lipinski definition) is 2. The molecule has 3 aromatic heterocycles. The van der Waals surface area contributed by atoms with Crippen LogP contribution in [0.25, 0.3) is 117 Å². The lowest BCUT2D eigenvalue weighted by atomic mass is 9.88. The van der Waals surface area contributed by atoms with E-state index in [0.717, 1.165) is 83.8 Å². The number of imidazole rings is 1. The lowest BCUT2D eigenvalue weighted by Crippen LogP contribution is -2.75. The van der Waals surface area contributed by atoms with Crippen molar-refractivity contribution in [1.82, 2.24) is 14.1 Å². The van der Waals surface area contributed by atoms with E-state index in [2.05, 4.69) is 326 Å². The maximum absolute atomic E-state index is 6.98. The van der Waals surface area contributed by atoms with Gasteiger partial charge in [0, 0.05) is 23.0 Å². The van der Waals surface area contributed by atoms with Crippen LogP contribution in [0.15, 0.2) is 297 Å². The minimum absolute atomic E-state index is 0.0411. The minimum atomic E-state index is -3.11. The molecule has 0 spiro atoms. The van der Waals surface area contributed by atoms with Crippen LogP contribution in [0.2, 0.25) is 0 Å². The number of benzene rings is 12. The highest BCUT2D eigenvalue weighted by Crippen LogP contribution is 2.46. The number of para-hydroxylation sites is 3. The molecule has 88 heavy (non-hydrogen) atoms. The fraction of sp³-hybridized carbons (Fsp3) is 0.0488. The van der Waals surface area contributed by atoms with Crippen LogP contribution in [-0.2, 0) is 5.41 Å². The van der Waals surface area contributed by atoms with E-state index in [1.54, 1.807) is 0 Å². The van der Waals surface area contributed by atoms with Crippen molar-refractivity contribution in [3.8, 4) is 95.5 Å². The van der Waals surface area contributed by atoms with Gasteiger partial charge in [-0.1, -0.05) is 257 Å². The van der Waals surface area contributed by atoms with Crippen molar-refractivity contribution >= 4 is 61.7 Å². The zero-order valence-electron chi connectivity index (χ0n) is 49.0. The van der Waals surface area contributed by atoms with Crippen molar-refractivity contribution in [2.24, 2.45) is 0 Å². The molecule has 0 bridgehead atoms. The molecule has 17 rings (SSSR count). The molecule has 15 aromatic rings. The van der Waals surface area contributed by atoms with E-state index in [-0.39, 0.29) is 5.41 Å². The minimum Gasteiger partial charge on any atom is -0.458 e. The zero-order chi connectivity index (χ0) is 58.7. The van der Waals surface area contributed by atoms with Gasteiger partial charge < -0.3 is 4.74 Å². The summed E-state index contributed by atoms with van der Waals surface area (Å²) in [7, 11) is -3.11. The Balaban J connectivity index is 0.871. The third kappa shape index (κ3) is 7.92. The second kappa shape index (κ2) is 20.1. The SMILES string of the molecule is CC(C)(C)c1ccnc(-n2c3ccccc3c3ccc(Oc4cccc(-n5[c-][n+]6c7c(cccc75)-c5ccccc5-c5ccccc5-c5cccc(-c7cccc([Si]8(c9ccccc9)c9ccccc9-c9ccccc9-c9ccccc98)c7)c5-6)c4)cc32)c1. The predicted octanol–water partition coefficient (Wildman–Crippen LogP) is 17.3. The van der Waals surface area contributed by atoms with Gasteiger partial charge in [0.05, 0.1) is 33.4 Å². The molecule has 0 amide bonds. The number of fused-ring (bicyclic) bond motifs is 15. The Bertz CT molecular complexity index is 5250. The van der Waals surface area contributed by atoms with Crippen molar-refractivity contribution < 1.29 is 9.30 Å². The first-order valence-electron chi connectivity index (χ1n) is 30.3. The number of pyridine rings is 1. The Kier molecular flexibility index (Phi) is 11.8. The van der Waals surface area contributed by atoms with E-state index >= 15 is 0 Å². The Morgan fingerprint density at radius 1 is 0.398 bits per heavy atom. The average molecular weight is 1140 g/mol. The molecule has 416 valence electrons. The molecular formula is C82H58N4OSi. The van der Waals surface area contributed by atoms with Gasteiger partial charge in [0.2, 0.25) is 0 Å². The number of ether oxygens (including phenoxy) is 1. The van der Waals surface area contributed by atoms with Gasteiger partial charge in [-0.05, 0) is 147 Å². The number of aromatic nitrogens is 4. The van der Waals surface area contributed by atoms with Crippen LogP contribution in [0.5, 0.6) is 11.5 Å². The first-order chi connectivity index (χ1) is 43.3. The Hall–Kier alpha value is -10.9. The Morgan fingerprint density at radius 3 is 1.64 bits per heavy atom. The van der Waals surface area contributed by atoms with E-state index < -0.39 is 8.07 Å². The first kappa shape index (κ1) is 51.5. The van der Waals surface area contributed by atoms with Gasteiger partial charge in [-0.25, -0.2) is 4.98 Å². The van der Waals surface area contributed by atoms with Crippen LogP contribution in [0, 0.1) is 6.33 Å². The molecule has 0 unspecified atom stereocenters. The molecular weight excluding hydrogens is 1090 g/mol. The van der Waals surface area contributed by atoms with E-state index in [4.69, 9.17) is 9.72 Å². The molecule has 0 radical (unpaired) electrons. The Morgan fingerprint density at radius 2 is 0.920 bits per heavy atom. The van der Waals surface area contributed by atoms with Gasteiger partial charge in [-0.15, -0.1) is 0 Å². The summed E-state index contributed by atoms with van der Waals surface area (Å²) in [5, 5.41) is 7.73. The molecule has 0 fully saturated rings. The zero-order valence-corrected chi connectivity index (χ0v) is 50.0. The van der Waals surface area contributed by atoms with Crippen LogP contribution >= 0.6 is 0 Å². The van der Waals surface area contributed by atoms with Crippen LogP contribution in [0.3, 0.4) is 0 Å². The molecule has 6 heteroatoms. The van der Waals surface area contributed by atoms with Crippen molar-refractivity contribution in [1.29, 1.82) is 0 Å². The van der Waals surface area contributed by atoms with Crippen molar-refractivity contribution in [2.45, 2.75) is 26.2 Å². The molecule has 2 aliphatic heterocycles. The van der Waals surface area contributed by atoms with Gasteiger partial charge in [0.1, 0.15) is 17.3 Å². The molecule has 0 N–H and O–H groups in total. The summed E-state index contributed by atoms with van der Waals surface area (Å²) >= 11 is 0. The fourth-order valence-electron chi connectivity index (χ4n) is 14.5. The molecule has 12 aromatic carbocycles. The van der Waals surface area contributed by atoms with E-state index in [1.807, 2.05) is 12.3 Å². The van der Waals surface area contributed by atoms with Crippen molar-refractivity contribution in [2.75, 3.05) is 0 Å². The molecule has 5 nitrogen and oxygen atoms in total. The molecule has 0 saturated carbocycles. The van der Waals surface area contributed by atoms with Gasteiger partial charge in [-0.2, -0.15) is 0 Å². The van der Waals surface area contributed by atoms with E-state index in [0.29, 0.717) is 5.75 Å². The Labute approximate surface area is 513 Å². The van der Waals surface area contributed by atoms with Crippen LogP contribution in [-0.4, -0.2) is 22.2 Å². The summed E-state index contributed by atoms with van der Waals surface area (Å²) in [5.41, 5.74) is 21.6. The maximum atomic E-state index is 6.98. The van der Waals surface area contributed by atoms with Gasteiger partial charge in [0.25, 0.3) is 6.33 Å². The fourth-order valence-corrected chi connectivity index (χ4v) is 19.8. The third-order valence-corrected chi connectivity index (χ3v) is 23.3. The third-order valence-electron chi connectivity index (χ3n) is 18.4. The predicted molar refractivity (Wildman–Crippen MR) is 364 cm³/mol. The van der Waals surface area contributed by atoms with E-state index in [9.17, 15) is 0 Å².